The van der Waals surface area contributed by atoms with Gasteiger partial charge in [-0.2, -0.15) is 4.98 Å². The number of rotatable bonds is 6. The number of methoxy groups -OCH3 is 2. The van der Waals surface area contributed by atoms with Crippen molar-refractivity contribution < 1.29 is 9.47 Å². The minimum Gasteiger partial charge on any atom is -0.497 e. The first-order chi connectivity index (χ1) is 14.3. The number of nitrogens with zero attached hydrogens (tertiary/aromatic N) is 3. The lowest BCUT2D eigenvalue weighted by atomic mass is 10.2. The van der Waals surface area contributed by atoms with Crippen molar-refractivity contribution in [3.8, 4) is 11.5 Å². The normalized spacial score (nSPS) is 14.5. The summed E-state index contributed by atoms with van der Waals surface area (Å²) < 4.78 is 10.8. The molecule has 1 fully saturated rings. The lowest BCUT2D eigenvalue weighted by Gasteiger charge is -2.23. The molecule has 0 spiro atoms. The molecule has 29 heavy (non-hydrogen) atoms. The molecule has 6 heteroatoms. The molecule has 0 aliphatic carbocycles. The number of ether oxygens (including phenoxy) is 2. The van der Waals surface area contributed by atoms with Crippen molar-refractivity contribution in [3.05, 3.63) is 48.0 Å². The van der Waals surface area contributed by atoms with Crippen molar-refractivity contribution in [1.82, 2.24) is 9.97 Å². The van der Waals surface area contributed by atoms with E-state index in [0.717, 1.165) is 46.9 Å². The van der Waals surface area contributed by atoms with Crippen molar-refractivity contribution in [2.24, 2.45) is 0 Å². The van der Waals surface area contributed by atoms with Crippen LogP contribution >= 0.6 is 0 Å². The zero-order valence-corrected chi connectivity index (χ0v) is 17.1. The van der Waals surface area contributed by atoms with Crippen molar-refractivity contribution in [2.45, 2.75) is 32.2 Å². The van der Waals surface area contributed by atoms with Gasteiger partial charge in [-0.25, -0.2) is 4.98 Å². The van der Waals surface area contributed by atoms with E-state index in [1.165, 1.54) is 25.7 Å². The van der Waals surface area contributed by atoms with E-state index >= 15 is 0 Å². The third-order valence-electron chi connectivity index (χ3n) is 5.42. The van der Waals surface area contributed by atoms with Gasteiger partial charge >= 0.3 is 0 Å². The third-order valence-corrected chi connectivity index (χ3v) is 5.42. The molecule has 2 aromatic carbocycles. The van der Waals surface area contributed by atoms with Crippen molar-refractivity contribution >= 4 is 22.7 Å². The molecule has 1 aromatic heterocycles. The summed E-state index contributed by atoms with van der Waals surface area (Å²) in [6, 6.07) is 14.1. The maximum absolute atomic E-state index is 5.51. The summed E-state index contributed by atoms with van der Waals surface area (Å²) in [4.78, 5) is 12.1. The molecule has 1 saturated heterocycles. The average Bonchev–Trinajstić information content (AvgIpc) is 3.06. The standard InChI is InChI=1S/C23H28N4O2/c1-28-18-12-11-17(21(15-18)29-2)16-24-23-25-20-10-6-5-9-19(20)22(26-23)27-13-7-3-4-8-14-27/h5-6,9-12,15H,3-4,7-8,13-14,16H2,1-2H3,(H,24,25,26). The SMILES string of the molecule is COc1ccc(CNc2nc(N3CCCCCC3)c3ccccc3n2)c(OC)c1. The Hall–Kier alpha value is -3.02. The van der Waals surface area contributed by atoms with Gasteiger partial charge in [0.2, 0.25) is 5.95 Å². The van der Waals surface area contributed by atoms with E-state index in [2.05, 4.69) is 28.4 Å². The van der Waals surface area contributed by atoms with Crippen LogP contribution in [-0.4, -0.2) is 37.3 Å². The molecular formula is C23H28N4O2. The monoisotopic (exact) mass is 392 g/mol. The molecule has 2 heterocycles. The summed E-state index contributed by atoms with van der Waals surface area (Å²) in [6.45, 7) is 2.67. The smallest absolute Gasteiger partial charge is 0.225 e. The first kappa shape index (κ1) is 19.3. The Kier molecular flexibility index (Phi) is 5.98. The first-order valence-corrected chi connectivity index (χ1v) is 10.2. The number of benzene rings is 2. The Balaban J connectivity index is 1.62. The maximum Gasteiger partial charge on any atom is 0.225 e. The molecule has 6 nitrogen and oxygen atoms in total. The highest BCUT2D eigenvalue weighted by atomic mass is 16.5. The molecule has 4 rings (SSSR count). The van der Waals surface area contributed by atoms with Crippen LogP contribution in [0.1, 0.15) is 31.2 Å². The number of hydrogen-bond donors (Lipinski definition) is 1. The van der Waals surface area contributed by atoms with Gasteiger partial charge in [0.05, 0.1) is 19.7 Å². The van der Waals surface area contributed by atoms with E-state index in [1.54, 1.807) is 14.2 Å². The molecule has 0 saturated carbocycles. The predicted molar refractivity (Wildman–Crippen MR) is 117 cm³/mol. The van der Waals surface area contributed by atoms with Gasteiger partial charge in [0.25, 0.3) is 0 Å². The molecule has 1 aliphatic rings. The highest BCUT2D eigenvalue weighted by molar-refractivity contribution is 5.90. The Morgan fingerprint density at radius 3 is 2.48 bits per heavy atom. The summed E-state index contributed by atoms with van der Waals surface area (Å²) in [6.07, 6.45) is 5.01. The first-order valence-electron chi connectivity index (χ1n) is 10.2. The number of para-hydroxylation sites is 1. The van der Waals surface area contributed by atoms with Crippen LogP contribution < -0.4 is 19.7 Å². The molecule has 152 valence electrons. The summed E-state index contributed by atoms with van der Waals surface area (Å²) in [5, 5.41) is 4.50. The van der Waals surface area contributed by atoms with Crippen LogP contribution in [0.25, 0.3) is 10.9 Å². The number of nitrogens with one attached hydrogen (secondary N) is 1. The Labute approximate surface area is 171 Å². The largest absolute Gasteiger partial charge is 0.497 e. The van der Waals surface area contributed by atoms with Crippen LogP contribution in [0.15, 0.2) is 42.5 Å². The van der Waals surface area contributed by atoms with E-state index in [-0.39, 0.29) is 0 Å². The second-order valence-electron chi connectivity index (χ2n) is 7.32. The number of hydrogen-bond acceptors (Lipinski definition) is 6. The molecule has 0 radical (unpaired) electrons. The summed E-state index contributed by atoms with van der Waals surface area (Å²) in [5.74, 6) is 3.23. The molecule has 0 atom stereocenters. The number of anilines is 2. The molecule has 0 amide bonds. The van der Waals surface area contributed by atoms with Crippen molar-refractivity contribution in [3.63, 3.8) is 0 Å². The fraction of sp³-hybridized carbons (Fsp3) is 0.391. The Bertz CT molecular complexity index is 968. The fourth-order valence-corrected chi connectivity index (χ4v) is 3.83. The Morgan fingerprint density at radius 2 is 1.72 bits per heavy atom. The van der Waals surface area contributed by atoms with E-state index < -0.39 is 0 Å². The van der Waals surface area contributed by atoms with Gasteiger partial charge in [0, 0.05) is 36.7 Å². The summed E-state index contributed by atoms with van der Waals surface area (Å²) >= 11 is 0. The van der Waals surface area contributed by atoms with Crippen LogP contribution in [-0.2, 0) is 6.54 Å². The quantitative estimate of drug-likeness (QED) is 0.659. The lowest BCUT2D eigenvalue weighted by molar-refractivity contribution is 0.391. The third kappa shape index (κ3) is 4.36. The zero-order valence-electron chi connectivity index (χ0n) is 17.1. The summed E-state index contributed by atoms with van der Waals surface area (Å²) in [7, 11) is 3.32. The van der Waals surface area contributed by atoms with Gasteiger partial charge in [-0.15, -0.1) is 0 Å². The predicted octanol–water partition coefficient (Wildman–Crippen LogP) is 4.64. The van der Waals surface area contributed by atoms with Crippen LogP contribution in [0.4, 0.5) is 11.8 Å². The van der Waals surface area contributed by atoms with Crippen LogP contribution in [0.2, 0.25) is 0 Å². The minimum atomic E-state index is 0.574. The zero-order chi connectivity index (χ0) is 20.1. The van der Waals surface area contributed by atoms with Gasteiger partial charge in [0.1, 0.15) is 17.3 Å². The maximum atomic E-state index is 5.51. The fourth-order valence-electron chi connectivity index (χ4n) is 3.83. The number of aromatic nitrogens is 2. The highest BCUT2D eigenvalue weighted by Gasteiger charge is 2.16. The van der Waals surface area contributed by atoms with E-state index in [1.807, 2.05) is 24.3 Å². The molecule has 0 unspecified atom stereocenters. The molecular weight excluding hydrogens is 364 g/mol. The van der Waals surface area contributed by atoms with Crippen LogP contribution in [0.5, 0.6) is 11.5 Å². The average molecular weight is 393 g/mol. The van der Waals surface area contributed by atoms with Crippen LogP contribution in [0.3, 0.4) is 0 Å². The molecule has 0 bridgehead atoms. The van der Waals surface area contributed by atoms with Gasteiger partial charge in [-0.1, -0.05) is 25.0 Å². The van der Waals surface area contributed by atoms with Gasteiger partial charge < -0.3 is 19.7 Å². The van der Waals surface area contributed by atoms with Crippen LogP contribution in [0, 0.1) is 0 Å². The van der Waals surface area contributed by atoms with E-state index in [4.69, 9.17) is 19.4 Å². The highest BCUT2D eigenvalue weighted by Crippen LogP contribution is 2.29. The van der Waals surface area contributed by atoms with Crippen molar-refractivity contribution in [2.75, 3.05) is 37.5 Å². The second kappa shape index (κ2) is 8.99. The minimum absolute atomic E-state index is 0.574. The van der Waals surface area contributed by atoms with Gasteiger partial charge in [-0.3, -0.25) is 0 Å². The van der Waals surface area contributed by atoms with Gasteiger partial charge in [0.15, 0.2) is 0 Å². The van der Waals surface area contributed by atoms with E-state index in [0.29, 0.717) is 12.5 Å². The molecule has 3 aromatic rings. The molecule has 1 N–H and O–H groups in total. The lowest BCUT2D eigenvalue weighted by Crippen LogP contribution is -2.25. The Morgan fingerprint density at radius 1 is 0.931 bits per heavy atom. The topological polar surface area (TPSA) is 59.5 Å². The van der Waals surface area contributed by atoms with Crippen molar-refractivity contribution in [1.29, 1.82) is 0 Å². The molecule has 1 aliphatic heterocycles. The number of fused-ring (bicyclic) bond motifs is 1. The van der Waals surface area contributed by atoms with E-state index in [9.17, 15) is 0 Å². The summed E-state index contributed by atoms with van der Waals surface area (Å²) in [5.41, 5.74) is 1.99. The second-order valence-corrected chi connectivity index (χ2v) is 7.32. The van der Waals surface area contributed by atoms with Gasteiger partial charge in [-0.05, 0) is 37.1 Å².